The molecule has 24 heavy (non-hydrogen) atoms. The van der Waals surface area contributed by atoms with E-state index in [-0.39, 0.29) is 11.5 Å². The van der Waals surface area contributed by atoms with Gasteiger partial charge in [-0.1, -0.05) is 6.07 Å². The lowest BCUT2D eigenvalue weighted by atomic mass is 9.57. The van der Waals surface area contributed by atoms with Crippen LogP contribution in [0.2, 0.25) is 0 Å². The lowest BCUT2D eigenvalue weighted by Crippen LogP contribution is -2.57. The highest BCUT2D eigenvalue weighted by molar-refractivity contribution is 8.07. The summed E-state index contributed by atoms with van der Waals surface area (Å²) in [5.74, 6) is 1.73. The number of nitriles is 1. The maximum Gasteiger partial charge on any atom is 0.166 e. The van der Waals surface area contributed by atoms with Crippen molar-refractivity contribution in [1.82, 2.24) is 4.90 Å². The largest absolute Gasteiger partial charge is 0.493 e. The summed E-state index contributed by atoms with van der Waals surface area (Å²) in [5, 5.41) is 11.3. The Labute approximate surface area is 145 Å². The minimum Gasteiger partial charge on any atom is -0.493 e. The van der Waals surface area contributed by atoms with Crippen LogP contribution in [0.15, 0.2) is 34.8 Å². The van der Waals surface area contributed by atoms with E-state index in [0.717, 1.165) is 35.8 Å². The summed E-state index contributed by atoms with van der Waals surface area (Å²) in [4.78, 5) is 3.45. The lowest BCUT2D eigenvalue weighted by molar-refractivity contribution is 0.117. The number of hydrogen-bond donors (Lipinski definition) is 0. The van der Waals surface area contributed by atoms with Crippen molar-refractivity contribution in [3.63, 3.8) is 0 Å². The van der Waals surface area contributed by atoms with Gasteiger partial charge in [0, 0.05) is 16.5 Å². The van der Waals surface area contributed by atoms with Gasteiger partial charge >= 0.3 is 0 Å². The van der Waals surface area contributed by atoms with Crippen LogP contribution in [-0.4, -0.2) is 37.7 Å². The quantitative estimate of drug-likeness (QED) is 0.776. The first kappa shape index (κ1) is 14.4. The number of ether oxygens (including phenoxy) is 2. The maximum absolute atomic E-state index is 9.11. The third-order valence-corrected chi connectivity index (χ3v) is 6.64. The third kappa shape index (κ3) is 1.58. The molecule has 2 aliphatic heterocycles. The monoisotopic (exact) mass is 338 g/mol. The molecule has 0 aromatic heterocycles. The summed E-state index contributed by atoms with van der Waals surface area (Å²) < 4.78 is 12.0. The van der Waals surface area contributed by atoms with E-state index in [9.17, 15) is 0 Å². The van der Waals surface area contributed by atoms with Crippen LogP contribution in [0.1, 0.15) is 17.5 Å². The molecule has 1 aromatic carbocycles. The number of likely N-dealkylation sites (N-methyl/N-ethyl adjacent to an activating group) is 1. The van der Waals surface area contributed by atoms with Crippen LogP contribution in [0, 0.1) is 10.7 Å². The molecule has 5 heteroatoms. The summed E-state index contributed by atoms with van der Waals surface area (Å²) in [6.07, 6.45) is 6.39. The number of thioether (sulfide) groups is 1. The molecule has 0 N–H and O–H groups in total. The average molecular weight is 338 g/mol. The van der Waals surface area contributed by atoms with Crippen molar-refractivity contribution in [3.05, 3.63) is 45.9 Å². The molecule has 1 aromatic rings. The third-order valence-electron chi connectivity index (χ3n) is 6.06. The molecule has 5 rings (SSSR count). The number of rotatable bonds is 2. The fourth-order valence-electron chi connectivity index (χ4n) is 5.02. The van der Waals surface area contributed by atoms with E-state index in [4.69, 9.17) is 14.7 Å². The maximum atomic E-state index is 9.11. The van der Waals surface area contributed by atoms with Gasteiger partial charge in [0.1, 0.15) is 11.5 Å². The molecule has 0 radical (unpaired) electrons. The molecule has 4 nitrogen and oxygen atoms in total. The number of piperidine rings is 1. The first-order chi connectivity index (χ1) is 11.7. The summed E-state index contributed by atoms with van der Waals surface area (Å²) in [6.45, 7) is 1.06. The summed E-state index contributed by atoms with van der Waals surface area (Å²) in [5.41, 5.74) is 4.06. The predicted octanol–water partition coefficient (Wildman–Crippen LogP) is 2.99. The van der Waals surface area contributed by atoms with Crippen LogP contribution in [0.25, 0.3) is 0 Å². The van der Waals surface area contributed by atoms with E-state index in [0.29, 0.717) is 6.04 Å². The second-order valence-corrected chi connectivity index (χ2v) is 7.81. The number of allylic oxidation sites excluding steroid dienone is 1. The van der Waals surface area contributed by atoms with Gasteiger partial charge in [0.05, 0.1) is 12.5 Å². The van der Waals surface area contributed by atoms with Gasteiger partial charge in [0.15, 0.2) is 11.5 Å². The fourth-order valence-corrected chi connectivity index (χ4v) is 5.50. The summed E-state index contributed by atoms with van der Waals surface area (Å²) in [6, 6.07) is 4.62. The number of methoxy groups -OCH3 is 1. The second-order valence-electron chi connectivity index (χ2n) is 6.95. The molecule has 1 fully saturated rings. The molecule has 1 saturated heterocycles. The van der Waals surface area contributed by atoms with Gasteiger partial charge in [-0.05, 0) is 67.6 Å². The van der Waals surface area contributed by atoms with Gasteiger partial charge in [-0.25, -0.2) is 0 Å². The van der Waals surface area contributed by atoms with Crippen molar-refractivity contribution < 1.29 is 9.47 Å². The van der Waals surface area contributed by atoms with Gasteiger partial charge in [-0.3, -0.25) is 4.90 Å². The molecule has 0 saturated carbocycles. The van der Waals surface area contributed by atoms with Crippen LogP contribution < -0.4 is 9.47 Å². The van der Waals surface area contributed by atoms with E-state index in [1.807, 2.05) is 6.07 Å². The van der Waals surface area contributed by atoms with E-state index < -0.39 is 0 Å². The van der Waals surface area contributed by atoms with Crippen molar-refractivity contribution in [2.45, 2.75) is 30.4 Å². The topological polar surface area (TPSA) is 45.5 Å². The van der Waals surface area contributed by atoms with E-state index in [2.05, 4.69) is 35.6 Å². The van der Waals surface area contributed by atoms with E-state index in [1.165, 1.54) is 28.5 Å². The molecular formula is C19H18N2O2S. The van der Waals surface area contributed by atoms with Crippen molar-refractivity contribution in [3.8, 4) is 16.9 Å². The zero-order valence-corrected chi connectivity index (χ0v) is 14.5. The minimum absolute atomic E-state index is 0.0325. The molecule has 3 atom stereocenters. The predicted molar refractivity (Wildman–Crippen MR) is 93.2 cm³/mol. The van der Waals surface area contributed by atoms with Crippen LogP contribution in [0.4, 0.5) is 0 Å². The zero-order chi connectivity index (χ0) is 16.5. The first-order valence-corrected chi connectivity index (χ1v) is 9.07. The van der Waals surface area contributed by atoms with Gasteiger partial charge < -0.3 is 9.47 Å². The highest BCUT2D eigenvalue weighted by atomic mass is 32.2. The smallest absolute Gasteiger partial charge is 0.166 e. The normalized spacial score (nSPS) is 32.2. The second kappa shape index (κ2) is 4.81. The SMILES string of the molecule is COc1ccc2c3c1O[C@H]1C=C(SC#N)C=C4[C@@H](C2)N(C)CC[C@]431. The minimum atomic E-state index is -0.0752. The molecule has 0 unspecified atom stereocenters. The van der Waals surface area contributed by atoms with Crippen LogP contribution in [0.3, 0.4) is 0 Å². The van der Waals surface area contributed by atoms with Crippen LogP contribution in [-0.2, 0) is 11.8 Å². The van der Waals surface area contributed by atoms with Gasteiger partial charge in [0.25, 0.3) is 0 Å². The molecule has 1 spiro atoms. The number of likely N-dealkylation sites (tertiary alicyclic amines) is 1. The van der Waals surface area contributed by atoms with Gasteiger partial charge in [0.2, 0.25) is 0 Å². The van der Waals surface area contributed by atoms with Crippen LogP contribution in [0.5, 0.6) is 11.5 Å². The Morgan fingerprint density at radius 1 is 1.46 bits per heavy atom. The van der Waals surface area contributed by atoms with Crippen molar-refractivity contribution >= 4 is 11.8 Å². The van der Waals surface area contributed by atoms with Gasteiger partial charge in [-0.15, -0.1) is 0 Å². The fraction of sp³-hybridized carbons (Fsp3) is 0.421. The van der Waals surface area contributed by atoms with Gasteiger partial charge in [-0.2, -0.15) is 5.26 Å². The zero-order valence-electron chi connectivity index (χ0n) is 13.7. The number of thiocyanates is 1. The van der Waals surface area contributed by atoms with E-state index in [1.54, 1.807) is 7.11 Å². The Balaban J connectivity index is 1.80. The number of benzene rings is 1. The molecule has 122 valence electrons. The van der Waals surface area contributed by atoms with Crippen molar-refractivity contribution in [1.29, 1.82) is 5.26 Å². The summed E-state index contributed by atoms with van der Waals surface area (Å²) in [7, 11) is 3.90. The van der Waals surface area contributed by atoms with Crippen molar-refractivity contribution in [2.24, 2.45) is 0 Å². The molecular weight excluding hydrogens is 320 g/mol. The molecule has 2 bridgehead atoms. The number of hydrogen-bond acceptors (Lipinski definition) is 5. The van der Waals surface area contributed by atoms with Crippen molar-refractivity contribution in [2.75, 3.05) is 20.7 Å². The van der Waals surface area contributed by atoms with Crippen LogP contribution >= 0.6 is 11.8 Å². The lowest BCUT2D eigenvalue weighted by Gasteiger charge is -2.52. The Bertz CT molecular complexity index is 854. The average Bonchev–Trinajstić information content (AvgIpc) is 2.91. The molecule has 2 heterocycles. The summed E-state index contributed by atoms with van der Waals surface area (Å²) >= 11 is 1.23. The Morgan fingerprint density at radius 3 is 3.12 bits per heavy atom. The number of nitrogens with zero attached hydrogens (tertiary/aromatic N) is 2. The van der Waals surface area contributed by atoms with E-state index >= 15 is 0 Å². The highest BCUT2D eigenvalue weighted by Crippen LogP contribution is 2.62. The molecule has 0 amide bonds. The highest BCUT2D eigenvalue weighted by Gasteiger charge is 2.60. The Morgan fingerprint density at radius 2 is 2.33 bits per heavy atom. The molecule has 2 aliphatic carbocycles. The Hall–Kier alpha value is -1.90. The molecule has 4 aliphatic rings. The Kier molecular flexibility index (Phi) is 2.89. The first-order valence-electron chi connectivity index (χ1n) is 8.26. The standard InChI is InChI=1S/C19H18N2O2S/c1-21-6-5-19-13-8-12(24-10-20)9-16(19)23-18-15(22-2)4-3-11(17(18)19)7-14(13)21/h3-4,8-9,14,16H,5-7H2,1-2H3/t14-,16+,19-/m1/s1.